The van der Waals surface area contributed by atoms with Crippen molar-refractivity contribution in [2.75, 3.05) is 19.6 Å². The van der Waals surface area contributed by atoms with Crippen molar-refractivity contribution in [3.05, 3.63) is 16.4 Å². The van der Waals surface area contributed by atoms with Gasteiger partial charge in [0.1, 0.15) is 0 Å². The smallest absolute Gasteiger partial charge is 0.0860 e. The molecular weight excluding hydrogens is 272 g/mol. The number of halogens is 1. The average molecular weight is 297 g/mol. The van der Waals surface area contributed by atoms with Gasteiger partial charge in [-0.15, -0.1) is 0 Å². The lowest BCUT2D eigenvalue weighted by Gasteiger charge is -2.34. The van der Waals surface area contributed by atoms with Gasteiger partial charge >= 0.3 is 0 Å². The molecular formula is C15H25ClN4. The Balaban J connectivity index is 1.75. The lowest BCUT2D eigenvalue weighted by atomic mass is 9.95. The molecule has 1 atom stereocenters. The fourth-order valence-electron chi connectivity index (χ4n) is 3.47. The Kier molecular flexibility index (Phi) is 3.82. The topological polar surface area (TPSA) is 33.1 Å². The van der Waals surface area contributed by atoms with E-state index in [0.717, 1.165) is 48.5 Å². The van der Waals surface area contributed by atoms with Crippen LogP contribution in [0.1, 0.15) is 37.6 Å². The van der Waals surface area contributed by atoms with Gasteiger partial charge in [-0.25, -0.2) is 0 Å². The van der Waals surface area contributed by atoms with Gasteiger partial charge in [-0.3, -0.25) is 9.58 Å². The van der Waals surface area contributed by atoms with E-state index in [1.54, 1.807) is 0 Å². The van der Waals surface area contributed by atoms with E-state index >= 15 is 0 Å². The molecule has 20 heavy (non-hydrogen) atoms. The Morgan fingerprint density at radius 3 is 2.80 bits per heavy atom. The summed E-state index contributed by atoms with van der Waals surface area (Å²) in [6, 6.07) is 0. The molecule has 2 heterocycles. The van der Waals surface area contributed by atoms with Crippen LogP contribution in [0.2, 0.25) is 5.02 Å². The highest BCUT2D eigenvalue weighted by atomic mass is 35.5. The number of aryl methyl sites for hydroxylation is 2. The second kappa shape index (κ2) is 5.32. The van der Waals surface area contributed by atoms with E-state index in [1.165, 1.54) is 19.3 Å². The van der Waals surface area contributed by atoms with Crippen molar-refractivity contribution in [2.24, 2.45) is 13.0 Å². The average Bonchev–Trinajstić information content (AvgIpc) is 3.20. The van der Waals surface area contributed by atoms with Crippen LogP contribution in [0.3, 0.4) is 0 Å². The van der Waals surface area contributed by atoms with Crippen LogP contribution >= 0.6 is 11.6 Å². The molecule has 0 spiro atoms. The highest BCUT2D eigenvalue weighted by molar-refractivity contribution is 6.31. The molecule has 1 unspecified atom stereocenters. The molecule has 1 aromatic rings. The van der Waals surface area contributed by atoms with Gasteiger partial charge < -0.3 is 5.32 Å². The van der Waals surface area contributed by atoms with E-state index in [4.69, 9.17) is 11.6 Å². The number of nitrogens with zero attached hydrogens (tertiary/aromatic N) is 3. The molecule has 112 valence electrons. The molecule has 0 radical (unpaired) electrons. The molecule has 2 fully saturated rings. The van der Waals surface area contributed by atoms with Crippen molar-refractivity contribution < 1.29 is 0 Å². The van der Waals surface area contributed by atoms with Gasteiger partial charge in [0.2, 0.25) is 0 Å². The molecule has 1 saturated carbocycles. The number of hydrogen-bond donors (Lipinski definition) is 1. The number of nitrogens with one attached hydrogen (secondary N) is 1. The summed E-state index contributed by atoms with van der Waals surface area (Å²) in [5.74, 6) is 0.854. The largest absolute Gasteiger partial charge is 0.310 e. The Morgan fingerprint density at radius 2 is 2.20 bits per heavy atom. The van der Waals surface area contributed by atoms with Gasteiger partial charge in [0, 0.05) is 25.7 Å². The summed E-state index contributed by atoms with van der Waals surface area (Å²) in [5, 5.41) is 9.03. The molecule has 4 nitrogen and oxygen atoms in total. The summed E-state index contributed by atoms with van der Waals surface area (Å²) in [6.07, 6.45) is 3.96. The van der Waals surface area contributed by atoms with Crippen LogP contribution in [0.4, 0.5) is 0 Å². The fraction of sp³-hybridized carbons (Fsp3) is 0.800. The van der Waals surface area contributed by atoms with Crippen LogP contribution in [-0.2, 0) is 13.6 Å². The third-order valence-electron chi connectivity index (χ3n) is 4.85. The van der Waals surface area contributed by atoms with Crippen molar-refractivity contribution in [2.45, 2.75) is 45.2 Å². The molecule has 1 aliphatic carbocycles. The monoisotopic (exact) mass is 296 g/mol. The van der Waals surface area contributed by atoms with E-state index in [1.807, 2.05) is 18.7 Å². The molecule has 0 bridgehead atoms. The minimum absolute atomic E-state index is 0.274. The maximum absolute atomic E-state index is 6.39. The van der Waals surface area contributed by atoms with Crippen LogP contribution in [0.15, 0.2) is 0 Å². The van der Waals surface area contributed by atoms with Gasteiger partial charge in [-0.1, -0.05) is 11.6 Å². The van der Waals surface area contributed by atoms with Crippen molar-refractivity contribution in [1.29, 1.82) is 0 Å². The molecule has 1 saturated heterocycles. The minimum Gasteiger partial charge on any atom is -0.310 e. The van der Waals surface area contributed by atoms with Gasteiger partial charge in [0.15, 0.2) is 0 Å². The third kappa shape index (κ3) is 2.74. The highest BCUT2D eigenvalue weighted by Gasteiger charge is 2.43. The fourth-order valence-corrected chi connectivity index (χ4v) is 3.69. The van der Waals surface area contributed by atoms with Crippen molar-refractivity contribution >= 4 is 11.6 Å². The Hall–Kier alpha value is -0.580. The molecule has 1 aliphatic heterocycles. The summed E-state index contributed by atoms with van der Waals surface area (Å²) < 4.78 is 1.93. The quantitative estimate of drug-likeness (QED) is 0.929. The zero-order valence-electron chi connectivity index (χ0n) is 12.7. The Morgan fingerprint density at radius 1 is 1.45 bits per heavy atom. The lowest BCUT2D eigenvalue weighted by Crippen LogP contribution is -2.50. The maximum Gasteiger partial charge on any atom is 0.0860 e. The van der Waals surface area contributed by atoms with E-state index in [2.05, 4.69) is 22.2 Å². The first-order valence-corrected chi connectivity index (χ1v) is 8.03. The minimum atomic E-state index is 0.274. The first-order chi connectivity index (χ1) is 9.49. The van der Waals surface area contributed by atoms with Gasteiger partial charge in [-0.2, -0.15) is 5.10 Å². The lowest BCUT2D eigenvalue weighted by molar-refractivity contribution is 0.191. The zero-order valence-corrected chi connectivity index (χ0v) is 13.5. The van der Waals surface area contributed by atoms with E-state index in [9.17, 15) is 0 Å². The molecule has 0 amide bonds. The predicted octanol–water partition coefficient (Wildman–Crippen LogP) is 2.35. The van der Waals surface area contributed by atoms with E-state index < -0.39 is 0 Å². The molecule has 3 rings (SSSR count). The molecule has 1 aromatic heterocycles. The SMILES string of the molecule is Cc1nn(C)c(CN2CCCNC(C)(C3CC3)C2)c1Cl. The first kappa shape index (κ1) is 14.4. The first-order valence-electron chi connectivity index (χ1n) is 7.65. The summed E-state index contributed by atoms with van der Waals surface area (Å²) >= 11 is 6.39. The predicted molar refractivity (Wildman–Crippen MR) is 82.0 cm³/mol. The van der Waals surface area contributed by atoms with E-state index in [0.29, 0.717) is 0 Å². The summed E-state index contributed by atoms with van der Waals surface area (Å²) in [4.78, 5) is 2.54. The number of rotatable bonds is 3. The summed E-state index contributed by atoms with van der Waals surface area (Å²) in [5.41, 5.74) is 2.35. The van der Waals surface area contributed by atoms with Crippen LogP contribution in [0, 0.1) is 12.8 Å². The maximum atomic E-state index is 6.39. The molecule has 0 aromatic carbocycles. The Labute approximate surface area is 126 Å². The van der Waals surface area contributed by atoms with Crippen LogP contribution in [-0.4, -0.2) is 39.9 Å². The number of hydrogen-bond acceptors (Lipinski definition) is 3. The standard InChI is InChI=1S/C15H25ClN4/c1-11-14(16)13(19(3)18-11)9-20-8-4-7-17-15(2,10-20)12-5-6-12/h12,17H,4-10H2,1-3H3. The highest BCUT2D eigenvalue weighted by Crippen LogP contribution is 2.40. The third-order valence-corrected chi connectivity index (χ3v) is 5.34. The van der Waals surface area contributed by atoms with Crippen molar-refractivity contribution in [3.63, 3.8) is 0 Å². The number of aromatic nitrogens is 2. The summed E-state index contributed by atoms with van der Waals surface area (Å²) in [7, 11) is 1.99. The molecule has 2 aliphatic rings. The molecule has 5 heteroatoms. The van der Waals surface area contributed by atoms with E-state index in [-0.39, 0.29) is 5.54 Å². The second-order valence-corrected chi connectivity index (χ2v) is 7.03. The second-order valence-electron chi connectivity index (χ2n) is 6.65. The van der Waals surface area contributed by atoms with Gasteiger partial charge in [0.05, 0.1) is 16.4 Å². The van der Waals surface area contributed by atoms with Crippen LogP contribution in [0.25, 0.3) is 0 Å². The Bertz CT molecular complexity index is 494. The zero-order chi connectivity index (χ0) is 14.3. The van der Waals surface area contributed by atoms with Crippen molar-refractivity contribution in [3.8, 4) is 0 Å². The van der Waals surface area contributed by atoms with Crippen molar-refractivity contribution in [1.82, 2.24) is 20.0 Å². The van der Waals surface area contributed by atoms with Gasteiger partial charge in [0.25, 0.3) is 0 Å². The van der Waals surface area contributed by atoms with Crippen LogP contribution < -0.4 is 5.32 Å². The normalized spacial score (nSPS) is 28.6. The molecule has 1 N–H and O–H groups in total. The summed E-state index contributed by atoms with van der Waals surface area (Å²) in [6.45, 7) is 8.64. The van der Waals surface area contributed by atoms with Gasteiger partial charge in [-0.05, 0) is 52.1 Å². The van der Waals surface area contributed by atoms with Crippen LogP contribution in [0.5, 0.6) is 0 Å².